The third kappa shape index (κ3) is 6.45. The highest BCUT2D eigenvalue weighted by Gasteiger charge is 2.61. The molecule has 0 bridgehead atoms. The van der Waals surface area contributed by atoms with Gasteiger partial charge in [0, 0.05) is 6.07 Å². The number of rotatable bonds is 5. The smallest absolute Gasteiger partial charge is 0.456 e. The van der Waals surface area contributed by atoms with Crippen molar-refractivity contribution in [2.45, 2.75) is 38.7 Å². The Bertz CT molecular complexity index is 879. The molecule has 29 heavy (non-hydrogen) atoms. The fourth-order valence-corrected chi connectivity index (χ4v) is 2.08. The predicted molar refractivity (Wildman–Crippen MR) is 92.6 cm³/mol. The Hall–Kier alpha value is -2.62. The van der Waals surface area contributed by atoms with E-state index >= 15 is 0 Å². The zero-order valence-corrected chi connectivity index (χ0v) is 16.1. The molecule has 0 unspecified atom stereocenters. The van der Waals surface area contributed by atoms with E-state index in [0.29, 0.717) is 0 Å². The van der Waals surface area contributed by atoms with Crippen LogP contribution in [0.2, 0.25) is 5.15 Å². The summed E-state index contributed by atoms with van der Waals surface area (Å²) in [4.78, 5) is 16.0. The number of halogens is 6. The van der Waals surface area contributed by atoms with Gasteiger partial charge in [-0.15, -0.1) is 0 Å². The third-order valence-corrected chi connectivity index (χ3v) is 3.22. The summed E-state index contributed by atoms with van der Waals surface area (Å²) in [7, 11) is 0. The van der Waals surface area contributed by atoms with Gasteiger partial charge in [-0.25, -0.2) is 9.78 Å². The molecule has 0 amide bonds. The summed E-state index contributed by atoms with van der Waals surface area (Å²) in [5.41, 5.74) is -0.693. The van der Waals surface area contributed by atoms with Crippen LogP contribution in [0.3, 0.4) is 0 Å². The van der Waals surface area contributed by atoms with Gasteiger partial charge in [-0.3, -0.25) is 0 Å². The number of hydrogen-bond donors (Lipinski definition) is 0. The Labute approximate surface area is 167 Å². The molecule has 0 saturated carbocycles. The molecule has 0 atom stereocenters. The topological polar surface area (TPSA) is 57.7 Å². The SMILES string of the molecule is CC(C)(C)OC(=O)c1cc(Cl)nc(Oc2ccc(OC(F)(F)C(F)(F)F)cc2)c1. The maximum Gasteiger partial charge on any atom is 0.499 e. The Balaban J connectivity index is 2.15. The van der Waals surface area contributed by atoms with E-state index in [1.54, 1.807) is 20.8 Å². The largest absolute Gasteiger partial charge is 0.499 e. The third-order valence-electron chi connectivity index (χ3n) is 3.03. The maximum absolute atomic E-state index is 12.9. The summed E-state index contributed by atoms with van der Waals surface area (Å²) in [6.45, 7) is 5.03. The molecule has 0 aliphatic rings. The van der Waals surface area contributed by atoms with Crippen LogP contribution in [0.4, 0.5) is 22.0 Å². The van der Waals surface area contributed by atoms with E-state index < -0.39 is 29.6 Å². The molecule has 0 fully saturated rings. The van der Waals surface area contributed by atoms with E-state index in [0.717, 1.165) is 24.3 Å². The zero-order chi connectivity index (χ0) is 22.0. The van der Waals surface area contributed by atoms with Gasteiger partial charge in [0.1, 0.15) is 22.3 Å². The number of carbonyl (C=O) groups excluding carboxylic acids is 1. The predicted octanol–water partition coefficient (Wildman–Crippen LogP) is 6.02. The van der Waals surface area contributed by atoms with E-state index in [9.17, 15) is 26.7 Å². The molecular formula is C18H15ClF5NO4. The van der Waals surface area contributed by atoms with Crippen molar-refractivity contribution in [1.82, 2.24) is 4.98 Å². The van der Waals surface area contributed by atoms with E-state index in [1.807, 2.05) is 0 Å². The lowest BCUT2D eigenvalue weighted by Gasteiger charge is -2.20. The Morgan fingerprint density at radius 3 is 2.03 bits per heavy atom. The zero-order valence-electron chi connectivity index (χ0n) is 15.3. The molecule has 1 aromatic heterocycles. The van der Waals surface area contributed by atoms with Gasteiger partial charge in [-0.05, 0) is 51.1 Å². The van der Waals surface area contributed by atoms with Crippen molar-refractivity contribution in [3.05, 3.63) is 47.1 Å². The molecule has 0 saturated heterocycles. The summed E-state index contributed by atoms with van der Waals surface area (Å²) in [6.07, 6.45) is -11.2. The fraction of sp³-hybridized carbons (Fsp3) is 0.333. The first kappa shape index (κ1) is 22.7. The Morgan fingerprint density at radius 2 is 1.52 bits per heavy atom. The van der Waals surface area contributed by atoms with Crippen LogP contribution in [-0.4, -0.2) is 28.8 Å². The van der Waals surface area contributed by atoms with E-state index in [2.05, 4.69) is 9.72 Å². The molecule has 0 aliphatic carbocycles. The lowest BCUT2D eigenvalue weighted by molar-refractivity contribution is -0.360. The Morgan fingerprint density at radius 1 is 0.966 bits per heavy atom. The van der Waals surface area contributed by atoms with Gasteiger partial charge in [0.15, 0.2) is 0 Å². The minimum absolute atomic E-state index is 0.0255. The van der Waals surface area contributed by atoms with E-state index in [-0.39, 0.29) is 22.3 Å². The minimum atomic E-state index is -5.86. The van der Waals surface area contributed by atoms with Crippen molar-refractivity contribution in [3.8, 4) is 17.4 Å². The minimum Gasteiger partial charge on any atom is -0.456 e. The maximum atomic E-state index is 12.9. The monoisotopic (exact) mass is 439 g/mol. The van der Waals surface area contributed by atoms with Gasteiger partial charge < -0.3 is 14.2 Å². The van der Waals surface area contributed by atoms with Gasteiger partial charge in [0.05, 0.1) is 5.56 Å². The van der Waals surface area contributed by atoms with Gasteiger partial charge in [-0.1, -0.05) is 11.6 Å². The summed E-state index contributed by atoms with van der Waals surface area (Å²) in [6, 6.07) is 6.37. The van der Waals surface area contributed by atoms with Crippen LogP contribution in [0.5, 0.6) is 17.4 Å². The van der Waals surface area contributed by atoms with Crippen LogP contribution in [0.1, 0.15) is 31.1 Å². The number of carbonyl (C=O) groups is 1. The number of alkyl halides is 5. The van der Waals surface area contributed by atoms with Crippen molar-refractivity contribution in [2.75, 3.05) is 0 Å². The number of hydrogen-bond acceptors (Lipinski definition) is 5. The molecule has 0 aliphatic heterocycles. The summed E-state index contributed by atoms with van der Waals surface area (Å²) in [5.74, 6) is -1.50. The van der Waals surface area contributed by atoms with Crippen molar-refractivity contribution in [1.29, 1.82) is 0 Å². The number of nitrogens with zero attached hydrogens (tertiary/aromatic N) is 1. The standard InChI is InChI=1S/C18H15ClF5NO4/c1-16(2,3)29-15(26)10-8-13(19)25-14(9-10)27-11-4-6-12(7-5-11)28-18(23,24)17(20,21)22/h4-9H,1-3H3. The summed E-state index contributed by atoms with van der Waals surface area (Å²) >= 11 is 5.86. The summed E-state index contributed by atoms with van der Waals surface area (Å²) in [5, 5.41) is -0.0758. The molecule has 158 valence electrons. The molecule has 0 spiro atoms. The van der Waals surface area contributed by atoms with Gasteiger partial charge in [0.2, 0.25) is 5.88 Å². The molecule has 2 aromatic rings. The van der Waals surface area contributed by atoms with Crippen molar-refractivity contribution in [2.24, 2.45) is 0 Å². The number of ether oxygens (including phenoxy) is 3. The highest BCUT2D eigenvalue weighted by molar-refractivity contribution is 6.29. The number of aromatic nitrogens is 1. The molecule has 1 aromatic carbocycles. The highest BCUT2D eigenvalue weighted by atomic mass is 35.5. The lowest BCUT2D eigenvalue weighted by atomic mass is 10.2. The molecule has 11 heteroatoms. The molecular weight excluding hydrogens is 425 g/mol. The van der Waals surface area contributed by atoms with Crippen LogP contribution in [0, 0.1) is 0 Å². The average molecular weight is 440 g/mol. The van der Waals surface area contributed by atoms with Crippen molar-refractivity contribution in [3.63, 3.8) is 0 Å². The van der Waals surface area contributed by atoms with Gasteiger partial charge in [-0.2, -0.15) is 22.0 Å². The lowest BCUT2D eigenvalue weighted by Crippen LogP contribution is -2.41. The van der Waals surface area contributed by atoms with E-state index in [4.69, 9.17) is 21.1 Å². The average Bonchev–Trinajstić information content (AvgIpc) is 2.53. The summed E-state index contributed by atoms with van der Waals surface area (Å²) < 4.78 is 76.6. The van der Waals surface area contributed by atoms with Crippen LogP contribution in [0.15, 0.2) is 36.4 Å². The normalized spacial score (nSPS) is 12.4. The first-order valence-electron chi connectivity index (χ1n) is 7.99. The first-order valence-corrected chi connectivity index (χ1v) is 8.36. The van der Waals surface area contributed by atoms with E-state index in [1.165, 1.54) is 12.1 Å². The molecule has 1 heterocycles. The van der Waals surface area contributed by atoms with Gasteiger partial charge in [0.25, 0.3) is 0 Å². The molecule has 0 N–H and O–H groups in total. The van der Waals surface area contributed by atoms with Gasteiger partial charge >= 0.3 is 18.3 Å². The number of esters is 1. The number of pyridine rings is 1. The second kappa shape index (κ2) is 8.02. The highest BCUT2D eigenvalue weighted by Crippen LogP contribution is 2.37. The molecule has 2 rings (SSSR count). The second-order valence-corrected chi connectivity index (χ2v) is 7.10. The number of benzene rings is 1. The van der Waals surface area contributed by atoms with Crippen LogP contribution in [-0.2, 0) is 4.74 Å². The molecule has 5 nitrogen and oxygen atoms in total. The molecule has 0 radical (unpaired) electrons. The quantitative estimate of drug-likeness (QED) is 0.324. The fourth-order valence-electron chi connectivity index (χ4n) is 1.88. The second-order valence-electron chi connectivity index (χ2n) is 6.71. The van der Waals surface area contributed by atoms with Crippen LogP contribution < -0.4 is 9.47 Å². The van der Waals surface area contributed by atoms with Crippen molar-refractivity contribution < 1.29 is 41.0 Å². The van der Waals surface area contributed by atoms with Crippen LogP contribution in [0.25, 0.3) is 0 Å². The van der Waals surface area contributed by atoms with Crippen molar-refractivity contribution >= 4 is 17.6 Å². The Kier molecular flexibility index (Phi) is 6.27. The first-order chi connectivity index (χ1) is 13.2. The van der Waals surface area contributed by atoms with Crippen LogP contribution >= 0.6 is 11.6 Å².